The van der Waals surface area contributed by atoms with Crippen LogP contribution in [0.1, 0.15) is 42.5 Å². The number of hydrogen-bond acceptors (Lipinski definition) is 4. The Morgan fingerprint density at radius 1 is 1.27 bits per heavy atom. The first-order valence-corrected chi connectivity index (χ1v) is 9.33. The van der Waals surface area contributed by atoms with Crippen LogP contribution in [0.15, 0.2) is 24.3 Å². The van der Waals surface area contributed by atoms with Gasteiger partial charge in [-0.3, -0.25) is 9.59 Å². The number of nitrogens with zero attached hydrogens (tertiary/aromatic N) is 1. The average molecular weight is 360 g/mol. The Labute approximate surface area is 154 Å². The zero-order valence-electron chi connectivity index (χ0n) is 15.6. The van der Waals surface area contributed by atoms with E-state index >= 15 is 0 Å². The number of methoxy groups -OCH3 is 1. The molecule has 26 heavy (non-hydrogen) atoms. The minimum Gasteiger partial charge on any atom is -0.497 e. The van der Waals surface area contributed by atoms with E-state index in [1.54, 1.807) is 14.2 Å². The molecule has 0 aromatic heterocycles. The third-order valence-electron chi connectivity index (χ3n) is 5.65. The molecule has 3 rings (SSSR count). The molecule has 0 bridgehead atoms. The van der Waals surface area contributed by atoms with Gasteiger partial charge in [0.2, 0.25) is 5.91 Å². The number of carbonyl (C=O) groups is 2. The van der Waals surface area contributed by atoms with Crippen molar-refractivity contribution >= 4 is 11.8 Å². The SMILES string of the molecule is CNC(=O)CC1CCOC2(CCN(C(=O)c3ccc(OC)cc3)CC2)C1. The lowest BCUT2D eigenvalue weighted by Crippen LogP contribution is -2.51. The predicted molar refractivity (Wildman–Crippen MR) is 98.2 cm³/mol. The van der Waals surface area contributed by atoms with Crippen molar-refractivity contribution < 1.29 is 19.1 Å². The summed E-state index contributed by atoms with van der Waals surface area (Å²) < 4.78 is 11.3. The third-order valence-corrected chi connectivity index (χ3v) is 5.65. The third kappa shape index (κ3) is 4.18. The summed E-state index contributed by atoms with van der Waals surface area (Å²) in [5.41, 5.74) is 0.511. The number of carbonyl (C=O) groups excluding carboxylic acids is 2. The number of piperidine rings is 1. The van der Waals surface area contributed by atoms with E-state index in [2.05, 4.69) is 5.32 Å². The summed E-state index contributed by atoms with van der Waals surface area (Å²) in [4.78, 5) is 26.3. The van der Waals surface area contributed by atoms with Crippen molar-refractivity contribution in [2.45, 2.75) is 37.7 Å². The summed E-state index contributed by atoms with van der Waals surface area (Å²) in [6.07, 6.45) is 4.07. The van der Waals surface area contributed by atoms with E-state index in [9.17, 15) is 9.59 Å². The summed E-state index contributed by atoms with van der Waals surface area (Å²) in [5.74, 6) is 1.27. The lowest BCUT2D eigenvalue weighted by Gasteiger charge is -2.46. The number of rotatable bonds is 4. The van der Waals surface area contributed by atoms with Gasteiger partial charge in [0.05, 0.1) is 12.7 Å². The first-order valence-electron chi connectivity index (χ1n) is 9.33. The lowest BCUT2D eigenvalue weighted by molar-refractivity contribution is -0.133. The molecule has 1 aromatic rings. The van der Waals surface area contributed by atoms with Crippen LogP contribution in [0.4, 0.5) is 0 Å². The Balaban J connectivity index is 1.57. The van der Waals surface area contributed by atoms with Gasteiger partial charge in [0.1, 0.15) is 5.75 Å². The maximum atomic E-state index is 12.7. The van der Waals surface area contributed by atoms with Crippen molar-refractivity contribution in [3.05, 3.63) is 29.8 Å². The minimum absolute atomic E-state index is 0.0558. The Kier molecular flexibility index (Phi) is 5.81. The van der Waals surface area contributed by atoms with Gasteiger partial charge in [-0.1, -0.05) is 0 Å². The molecule has 0 radical (unpaired) electrons. The van der Waals surface area contributed by atoms with Crippen molar-refractivity contribution in [3.8, 4) is 5.75 Å². The molecule has 6 heteroatoms. The highest BCUT2D eigenvalue weighted by Gasteiger charge is 2.41. The summed E-state index contributed by atoms with van der Waals surface area (Å²) in [5, 5.41) is 2.71. The molecular formula is C20H28N2O4. The summed E-state index contributed by atoms with van der Waals surface area (Å²) >= 11 is 0. The van der Waals surface area contributed by atoms with Gasteiger partial charge < -0.3 is 19.7 Å². The van der Waals surface area contributed by atoms with Crippen LogP contribution < -0.4 is 10.1 Å². The van der Waals surface area contributed by atoms with E-state index in [0.717, 1.165) is 31.4 Å². The number of benzene rings is 1. The normalized spacial score (nSPS) is 22.1. The van der Waals surface area contributed by atoms with Crippen LogP contribution in [0.3, 0.4) is 0 Å². The molecule has 2 aliphatic heterocycles. The van der Waals surface area contributed by atoms with Crippen LogP contribution in [0.5, 0.6) is 5.75 Å². The van der Waals surface area contributed by atoms with Crippen LogP contribution in [0.25, 0.3) is 0 Å². The highest BCUT2D eigenvalue weighted by Crippen LogP contribution is 2.39. The molecule has 1 unspecified atom stereocenters. The quantitative estimate of drug-likeness (QED) is 0.894. The molecule has 2 amide bonds. The largest absolute Gasteiger partial charge is 0.497 e. The van der Waals surface area contributed by atoms with Gasteiger partial charge in [-0.05, 0) is 55.9 Å². The number of likely N-dealkylation sites (tertiary alicyclic amines) is 1. The van der Waals surface area contributed by atoms with Gasteiger partial charge >= 0.3 is 0 Å². The molecular weight excluding hydrogens is 332 g/mol. The van der Waals surface area contributed by atoms with Crippen molar-refractivity contribution in [1.82, 2.24) is 10.2 Å². The van der Waals surface area contributed by atoms with Gasteiger partial charge in [-0.2, -0.15) is 0 Å². The zero-order valence-corrected chi connectivity index (χ0v) is 15.6. The zero-order chi connectivity index (χ0) is 18.6. The topological polar surface area (TPSA) is 67.9 Å². The van der Waals surface area contributed by atoms with E-state index < -0.39 is 0 Å². The number of ether oxygens (including phenoxy) is 2. The Morgan fingerprint density at radius 2 is 1.96 bits per heavy atom. The second-order valence-electron chi connectivity index (χ2n) is 7.29. The average Bonchev–Trinajstić information content (AvgIpc) is 2.68. The minimum atomic E-state index is -0.173. The molecule has 0 aliphatic carbocycles. The van der Waals surface area contributed by atoms with Gasteiger partial charge in [-0.15, -0.1) is 0 Å². The predicted octanol–water partition coefficient (Wildman–Crippen LogP) is 2.23. The first-order chi connectivity index (χ1) is 12.5. The summed E-state index contributed by atoms with van der Waals surface area (Å²) in [7, 11) is 3.29. The Hall–Kier alpha value is -2.08. The molecule has 2 aliphatic rings. The highest BCUT2D eigenvalue weighted by atomic mass is 16.5. The second kappa shape index (κ2) is 8.08. The van der Waals surface area contributed by atoms with E-state index in [1.807, 2.05) is 29.2 Å². The van der Waals surface area contributed by atoms with Gasteiger partial charge in [-0.25, -0.2) is 0 Å². The molecule has 1 atom stereocenters. The van der Waals surface area contributed by atoms with E-state index in [4.69, 9.17) is 9.47 Å². The van der Waals surface area contributed by atoms with Gasteiger partial charge in [0.15, 0.2) is 0 Å². The molecule has 0 saturated carbocycles. The monoisotopic (exact) mass is 360 g/mol. The molecule has 2 heterocycles. The standard InChI is InChI=1S/C20H28N2O4/c1-21-18(23)13-15-7-12-26-20(14-15)8-10-22(11-9-20)19(24)16-3-5-17(25-2)6-4-16/h3-6,15H,7-14H2,1-2H3,(H,21,23). The van der Waals surface area contributed by atoms with Crippen LogP contribution in [0, 0.1) is 5.92 Å². The van der Waals surface area contributed by atoms with Gasteiger partial charge in [0.25, 0.3) is 5.91 Å². The number of nitrogens with one attached hydrogen (secondary N) is 1. The maximum absolute atomic E-state index is 12.7. The molecule has 1 N–H and O–H groups in total. The second-order valence-corrected chi connectivity index (χ2v) is 7.29. The number of amides is 2. The first kappa shape index (κ1) is 18.7. The van der Waals surface area contributed by atoms with Crippen LogP contribution in [-0.4, -0.2) is 56.2 Å². The summed E-state index contributed by atoms with van der Waals surface area (Å²) in [6, 6.07) is 7.24. The molecule has 1 spiro atoms. The smallest absolute Gasteiger partial charge is 0.253 e. The maximum Gasteiger partial charge on any atom is 0.253 e. The van der Waals surface area contributed by atoms with E-state index in [0.29, 0.717) is 37.6 Å². The van der Waals surface area contributed by atoms with E-state index in [1.165, 1.54) is 0 Å². The van der Waals surface area contributed by atoms with Gasteiger partial charge in [0, 0.05) is 38.7 Å². The fraction of sp³-hybridized carbons (Fsp3) is 0.600. The van der Waals surface area contributed by atoms with Crippen molar-refractivity contribution in [2.75, 3.05) is 33.9 Å². The molecule has 1 aromatic carbocycles. The van der Waals surface area contributed by atoms with Crippen LogP contribution >= 0.6 is 0 Å². The summed E-state index contributed by atoms with van der Waals surface area (Å²) in [6.45, 7) is 2.09. The molecule has 142 valence electrons. The van der Waals surface area contributed by atoms with Crippen molar-refractivity contribution in [3.63, 3.8) is 0 Å². The molecule has 2 saturated heterocycles. The fourth-order valence-electron chi connectivity index (χ4n) is 4.05. The molecule has 2 fully saturated rings. The molecule has 6 nitrogen and oxygen atoms in total. The Morgan fingerprint density at radius 3 is 2.58 bits per heavy atom. The van der Waals surface area contributed by atoms with Crippen LogP contribution in [-0.2, 0) is 9.53 Å². The number of hydrogen-bond donors (Lipinski definition) is 1. The van der Waals surface area contributed by atoms with Crippen LogP contribution in [0.2, 0.25) is 0 Å². The fourth-order valence-corrected chi connectivity index (χ4v) is 4.05. The van der Waals surface area contributed by atoms with E-state index in [-0.39, 0.29) is 17.4 Å². The highest BCUT2D eigenvalue weighted by molar-refractivity contribution is 5.94. The lowest BCUT2D eigenvalue weighted by atomic mass is 9.78. The van der Waals surface area contributed by atoms with Crippen molar-refractivity contribution in [1.29, 1.82) is 0 Å². The Bertz CT molecular complexity index is 636. The van der Waals surface area contributed by atoms with Crippen molar-refractivity contribution in [2.24, 2.45) is 5.92 Å².